The van der Waals surface area contributed by atoms with E-state index in [0.717, 1.165) is 5.56 Å². The molecule has 0 radical (unpaired) electrons. The van der Waals surface area contributed by atoms with Gasteiger partial charge in [0.2, 0.25) is 0 Å². The topological polar surface area (TPSA) is 99.2 Å². The van der Waals surface area contributed by atoms with Gasteiger partial charge in [0.05, 0.1) is 5.56 Å². The Labute approximate surface area is 110 Å². The summed E-state index contributed by atoms with van der Waals surface area (Å²) in [6.45, 7) is 0. The molecule has 0 unspecified atom stereocenters. The van der Waals surface area contributed by atoms with Gasteiger partial charge in [0.25, 0.3) is 0 Å². The van der Waals surface area contributed by atoms with Crippen LogP contribution in [0.1, 0.15) is 10.4 Å². The normalized spacial score (nSPS) is 9.89. The Morgan fingerprint density at radius 1 is 1.16 bits per heavy atom. The van der Waals surface area contributed by atoms with Crippen molar-refractivity contribution >= 4 is 17.6 Å². The van der Waals surface area contributed by atoms with E-state index in [1.54, 1.807) is 12.1 Å². The second-order valence-corrected chi connectivity index (χ2v) is 3.97. The maximum absolute atomic E-state index is 11.2. The molecule has 5 heteroatoms. The molecule has 5 nitrogen and oxygen atoms in total. The van der Waals surface area contributed by atoms with E-state index in [1.165, 1.54) is 6.07 Å². The quantitative estimate of drug-likeness (QED) is 0.499. The minimum Gasteiger partial charge on any atom is -0.478 e. The molecule has 5 N–H and O–H groups in total. The Balaban J connectivity index is 2.54. The summed E-state index contributed by atoms with van der Waals surface area (Å²) in [4.78, 5) is 11.2. The molecule has 0 aromatic heterocycles. The van der Waals surface area contributed by atoms with Crippen LogP contribution in [0.5, 0.6) is 0 Å². The van der Waals surface area contributed by atoms with Crippen LogP contribution >= 0.6 is 0 Å². The highest BCUT2D eigenvalue weighted by Gasteiger charge is 2.12. The number of carbonyl (C=O) groups is 1. The molecule has 2 aromatic carbocycles. The standard InChI is InChI=1S/C14H13N3O2/c15-14(16)17-10-6-7-11(13(18)19)12(8-10)9-4-2-1-3-5-9/h1-8H,(H,18,19)(H4,15,16,17). The van der Waals surface area contributed by atoms with E-state index in [2.05, 4.69) is 5.32 Å². The molecule has 0 aliphatic rings. The number of nitrogens with one attached hydrogen (secondary N) is 2. The number of carboxylic acid groups (broad SMARTS) is 1. The molecule has 0 bridgehead atoms. The molecule has 0 fully saturated rings. The second kappa shape index (κ2) is 5.22. The van der Waals surface area contributed by atoms with Crippen molar-refractivity contribution in [3.8, 4) is 11.1 Å². The molecule has 2 rings (SSSR count). The summed E-state index contributed by atoms with van der Waals surface area (Å²) in [7, 11) is 0. The molecule has 0 amide bonds. The van der Waals surface area contributed by atoms with E-state index in [9.17, 15) is 9.90 Å². The van der Waals surface area contributed by atoms with E-state index in [-0.39, 0.29) is 11.5 Å². The molecule has 0 spiro atoms. The number of rotatable bonds is 3. The van der Waals surface area contributed by atoms with Gasteiger partial charge in [0.1, 0.15) is 0 Å². The molecule has 0 aliphatic heterocycles. The molecular formula is C14H13N3O2. The Morgan fingerprint density at radius 2 is 1.84 bits per heavy atom. The zero-order valence-electron chi connectivity index (χ0n) is 10.1. The number of anilines is 1. The van der Waals surface area contributed by atoms with Crippen LogP contribution in [-0.4, -0.2) is 17.0 Å². The van der Waals surface area contributed by atoms with Crippen LogP contribution in [0, 0.1) is 5.41 Å². The predicted molar refractivity (Wildman–Crippen MR) is 74.4 cm³/mol. The zero-order valence-corrected chi connectivity index (χ0v) is 10.1. The fourth-order valence-corrected chi connectivity index (χ4v) is 1.82. The highest BCUT2D eigenvalue weighted by Crippen LogP contribution is 2.27. The second-order valence-electron chi connectivity index (χ2n) is 3.97. The van der Waals surface area contributed by atoms with Gasteiger partial charge in [-0.25, -0.2) is 4.79 Å². The van der Waals surface area contributed by atoms with Crippen LogP contribution in [0.2, 0.25) is 0 Å². The fraction of sp³-hybridized carbons (Fsp3) is 0. The lowest BCUT2D eigenvalue weighted by molar-refractivity contribution is 0.0698. The number of aromatic carboxylic acids is 1. The maximum atomic E-state index is 11.2. The van der Waals surface area contributed by atoms with Crippen LogP contribution in [0.4, 0.5) is 5.69 Å². The van der Waals surface area contributed by atoms with Crippen LogP contribution in [0.25, 0.3) is 11.1 Å². The minimum atomic E-state index is -0.992. The monoisotopic (exact) mass is 255 g/mol. The van der Waals surface area contributed by atoms with Gasteiger partial charge >= 0.3 is 5.97 Å². The smallest absolute Gasteiger partial charge is 0.336 e. The van der Waals surface area contributed by atoms with Gasteiger partial charge in [0, 0.05) is 5.69 Å². The first-order valence-electron chi connectivity index (χ1n) is 5.62. The average molecular weight is 255 g/mol. The highest BCUT2D eigenvalue weighted by molar-refractivity contribution is 5.98. The van der Waals surface area contributed by atoms with Crippen molar-refractivity contribution in [2.45, 2.75) is 0 Å². The van der Waals surface area contributed by atoms with E-state index in [1.807, 2.05) is 30.3 Å². The van der Waals surface area contributed by atoms with E-state index in [4.69, 9.17) is 11.1 Å². The van der Waals surface area contributed by atoms with Crippen LogP contribution in [0.15, 0.2) is 48.5 Å². The summed E-state index contributed by atoms with van der Waals surface area (Å²) < 4.78 is 0. The molecule has 0 atom stereocenters. The van der Waals surface area contributed by atoms with Crippen molar-refractivity contribution in [3.05, 3.63) is 54.1 Å². The fourth-order valence-electron chi connectivity index (χ4n) is 1.82. The van der Waals surface area contributed by atoms with Crippen molar-refractivity contribution in [2.24, 2.45) is 5.73 Å². The maximum Gasteiger partial charge on any atom is 0.336 e. The summed E-state index contributed by atoms with van der Waals surface area (Å²) in [5.41, 5.74) is 7.44. The number of carboxylic acids is 1. The molecule has 19 heavy (non-hydrogen) atoms. The Morgan fingerprint density at radius 3 is 2.42 bits per heavy atom. The zero-order chi connectivity index (χ0) is 13.8. The first kappa shape index (κ1) is 12.6. The van der Waals surface area contributed by atoms with E-state index < -0.39 is 5.97 Å². The molecule has 0 heterocycles. The summed E-state index contributed by atoms with van der Waals surface area (Å²) in [5, 5.41) is 19.1. The number of hydrogen-bond donors (Lipinski definition) is 4. The Hall–Kier alpha value is -2.82. The average Bonchev–Trinajstić information content (AvgIpc) is 2.38. The van der Waals surface area contributed by atoms with Gasteiger partial charge in [-0.15, -0.1) is 0 Å². The molecule has 2 aromatic rings. The molecule has 0 aliphatic carbocycles. The minimum absolute atomic E-state index is 0.193. The first-order chi connectivity index (χ1) is 9.08. The van der Waals surface area contributed by atoms with Gasteiger partial charge in [-0.1, -0.05) is 30.3 Å². The number of nitrogens with two attached hydrogens (primary N) is 1. The number of hydrogen-bond acceptors (Lipinski definition) is 2. The van der Waals surface area contributed by atoms with Crippen molar-refractivity contribution in [3.63, 3.8) is 0 Å². The lowest BCUT2D eigenvalue weighted by Crippen LogP contribution is -2.20. The van der Waals surface area contributed by atoms with Gasteiger partial charge in [-0.2, -0.15) is 0 Å². The van der Waals surface area contributed by atoms with Crippen LogP contribution in [-0.2, 0) is 0 Å². The van der Waals surface area contributed by atoms with Crippen LogP contribution in [0.3, 0.4) is 0 Å². The van der Waals surface area contributed by atoms with Crippen molar-refractivity contribution in [2.75, 3.05) is 5.32 Å². The summed E-state index contributed by atoms with van der Waals surface area (Å²) in [6.07, 6.45) is 0. The van der Waals surface area contributed by atoms with Crippen molar-refractivity contribution < 1.29 is 9.90 Å². The highest BCUT2D eigenvalue weighted by atomic mass is 16.4. The van der Waals surface area contributed by atoms with Crippen molar-refractivity contribution in [1.82, 2.24) is 0 Å². The molecule has 0 saturated carbocycles. The van der Waals surface area contributed by atoms with Gasteiger partial charge in [-0.3, -0.25) is 5.41 Å². The van der Waals surface area contributed by atoms with Crippen molar-refractivity contribution in [1.29, 1.82) is 5.41 Å². The molecule has 0 saturated heterocycles. The number of guanidine groups is 1. The van der Waals surface area contributed by atoms with Gasteiger partial charge < -0.3 is 16.2 Å². The van der Waals surface area contributed by atoms with E-state index >= 15 is 0 Å². The summed E-state index contributed by atoms with van der Waals surface area (Å²) in [6, 6.07) is 14.0. The first-order valence-corrected chi connectivity index (χ1v) is 5.62. The largest absolute Gasteiger partial charge is 0.478 e. The Kier molecular flexibility index (Phi) is 3.47. The molecule has 96 valence electrons. The summed E-state index contributed by atoms with van der Waals surface area (Å²) >= 11 is 0. The summed E-state index contributed by atoms with van der Waals surface area (Å²) in [5.74, 6) is -1.18. The SMILES string of the molecule is N=C(N)Nc1ccc(C(=O)O)c(-c2ccccc2)c1. The van der Waals surface area contributed by atoms with Gasteiger partial charge in [0.15, 0.2) is 5.96 Å². The lowest BCUT2D eigenvalue weighted by atomic mass is 9.99. The lowest BCUT2D eigenvalue weighted by Gasteiger charge is -2.10. The van der Waals surface area contributed by atoms with Crippen LogP contribution < -0.4 is 11.1 Å². The third kappa shape index (κ3) is 2.90. The third-order valence-corrected chi connectivity index (χ3v) is 2.61. The van der Waals surface area contributed by atoms with Gasteiger partial charge in [-0.05, 0) is 29.3 Å². The third-order valence-electron chi connectivity index (χ3n) is 2.61. The Bertz CT molecular complexity index is 624. The molecular weight excluding hydrogens is 242 g/mol. The predicted octanol–water partition coefficient (Wildman–Crippen LogP) is 2.36. The van der Waals surface area contributed by atoms with E-state index in [0.29, 0.717) is 11.3 Å². The number of benzene rings is 2.